The van der Waals surface area contributed by atoms with Gasteiger partial charge in [0.15, 0.2) is 0 Å². The first-order valence-electron chi connectivity index (χ1n) is 6.52. The molecule has 0 amide bonds. The summed E-state index contributed by atoms with van der Waals surface area (Å²) in [5, 5.41) is 0. The number of rotatable bonds is 1. The number of hydrogen-bond donors (Lipinski definition) is 1. The standard InChI is InChI=1S/C11H17N3/c1-9-4-2-3-7-14(9)11-6-5-10(12)8-13-11/h5-6,8-9H,2-4,7,12H2,1H3/i5D,6D,8D. The number of nitrogen functional groups attached to an aromatic ring is 1. The predicted molar refractivity (Wildman–Crippen MR) is 59.3 cm³/mol. The SMILES string of the molecule is [2H]c1nc(N2CCCCC2C)c([2H])c([2H])c1N. The first-order chi connectivity index (χ1) is 8.02. The smallest absolute Gasteiger partial charge is 0.128 e. The van der Waals surface area contributed by atoms with E-state index in [1.807, 2.05) is 4.90 Å². The van der Waals surface area contributed by atoms with Crippen LogP contribution in [0.4, 0.5) is 11.5 Å². The first-order valence-corrected chi connectivity index (χ1v) is 5.02. The van der Waals surface area contributed by atoms with E-state index >= 15 is 0 Å². The second-order valence-corrected chi connectivity index (χ2v) is 3.75. The van der Waals surface area contributed by atoms with Crippen molar-refractivity contribution in [3.8, 4) is 0 Å². The Bertz CT molecular complexity index is 436. The van der Waals surface area contributed by atoms with E-state index in [9.17, 15) is 0 Å². The molecule has 1 aromatic rings. The molecular formula is C11H17N3. The van der Waals surface area contributed by atoms with E-state index in [1.54, 1.807) is 0 Å². The van der Waals surface area contributed by atoms with Crippen molar-refractivity contribution in [3.63, 3.8) is 0 Å². The molecule has 1 fully saturated rings. The maximum absolute atomic E-state index is 7.90. The van der Waals surface area contributed by atoms with Crippen LogP contribution < -0.4 is 10.6 Å². The van der Waals surface area contributed by atoms with Gasteiger partial charge in [0, 0.05) is 12.6 Å². The average Bonchev–Trinajstić information content (AvgIpc) is 2.32. The molecular weight excluding hydrogens is 174 g/mol. The summed E-state index contributed by atoms with van der Waals surface area (Å²) in [5.41, 5.74) is 5.53. The Morgan fingerprint density at radius 2 is 2.43 bits per heavy atom. The number of nitrogens with two attached hydrogens (primary N) is 1. The zero-order valence-electron chi connectivity index (χ0n) is 11.4. The van der Waals surface area contributed by atoms with Gasteiger partial charge in [-0.25, -0.2) is 4.98 Å². The van der Waals surface area contributed by atoms with E-state index in [0.717, 1.165) is 19.4 Å². The van der Waals surface area contributed by atoms with Gasteiger partial charge in [-0.1, -0.05) is 0 Å². The molecule has 1 aliphatic rings. The van der Waals surface area contributed by atoms with E-state index in [-0.39, 0.29) is 23.9 Å². The minimum atomic E-state index is -0.0984. The molecule has 3 nitrogen and oxygen atoms in total. The summed E-state index contributed by atoms with van der Waals surface area (Å²) in [6, 6.07) is 0.257. The zero-order chi connectivity index (χ0) is 12.6. The lowest BCUT2D eigenvalue weighted by atomic mass is 10.0. The number of anilines is 2. The van der Waals surface area contributed by atoms with E-state index in [4.69, 9.17) is 9.85 Å². The summed E-state index contributed by atoms with van der Waals surface area (Å²) in [4.78, 5) is 6.08. The summed E-state index contributed by atoms with van der Waals surface area (Å²) in [6.45, 7) is 2.92. The fraction of sp³-hybridized carbons (Fsp3) is 0.545. The lowest BCUT2D eigenvalue weighted by molar-refractivity contribution is 0.481. The van der Waals surface area contributed by atoms with Crippen molar-refractivity contribution in [1.82, 2.24) is 4.98 Å². The van der Waals surface area contributed by atoms with Crippen molar-refractivity contribution in [1.29, 1.82) is 0 Å². The Morgan fingerprint density at radius 3 is 3.21 bits per heavy atom. The van der Waals surface area contributed by atoms with Crippen molar-refractivity contribution < 1.29 is 4.11 Å². The Hall–Kier alpha value is -1.25. The predicted octanol–water partition coefficient (Wildman–Crippen LogP) is 2.04. The lowest BCUT2D eigenvalue weighted by Gasteiger charge is -2.34. The summed E-state index contributed by atoms with van der Waals surface area (Å²) in [7, 11) is 0. The van der Waals surface area contributed by atoms with Gasteiger partial charge in [-0.2, -0.15) is 0 Å². The second-order valence-electron chi connectivity index (χ2n) is 3.75. The van der Waals surface area contributed by atoms with Crippen LogP contribution in [0.25, 0.3) is 0 Å². The van der Waals surface area contributed by atoms with Crippen LogP contribution in [0.15, 0.2) is 18.3 Å². The third-order valence-electron chi connectivity index (χ3n) is 2.67. The Balaban J connectivity index is 2.44. The number of hydrogen-bond acceptors (Lipinski definition) is 3. The van der Waals surface area contributed by atoms with Crippen LogP contribution >= 0.6 is 0 Å². The molecule has 1 saturated heterocycles. The van der Waals surface area contributed by atoms with E-state index < -0.39 is 0 Å². The molecule has 2 rings (SSSR count). The van der Waals surface area contributed by atoms with Gasteiger partial charge in [-0.3, -0.25) is 0 Å². The molecule has 0 aromatic carbocycles. The first kappa shape index (κ1) is 6.27. The topological polar surface area (TPSA) is 42.2 Å². The highest BCUT2D eigenvalue weighted by molar-refractivity contribution is 5.46. The molecule has 1 unspecified atom stereocenters. The average molecular weight is 194 g/mol. The van der Waals surface area contributed by atoms with Crippen molar-refractivity contribution in [3.05, 3.63) is 18.3 Å². The monoisotopic (exact) mass is 194 g/mol. The highest BCUT2D eigenvalue weighted by Gasteiger charge is 2.18. The van der Waals surface area contributed by atoms with Crippen LogP contribution in [0.2, 0.25) is 0 Å². The van der Waals surface area contributed by atoms with E-state index in [0.29, 0.717) is 11.9 Å². The summed E-state index contributed by atoms with van der Waals surface area (Å²) in [6.07, 6.45) is 3.21. The molecule has 1 aromatic heterocycles. The molecule has 76 valence electrons. The Morgan fingerprint density at radius 1 is 1.57 bits per heavy atom. The quantitative estimate of drug-likeness (QED) is 0.744. The number of pyridine rings is 1. The van der Waals surface area contributed by atoms with Gasteiger partial charge >= 0.3 is 0 Å². The van der Waals surface area contributed by atoms with Gasteiger partial charge in [0.25, 0.3) is 0 Å². The molecule has 0 spiro atoms. The zero-order valence-corrected chi connectivity index (χ0v) is 8.38. The third-order valence-corrected chi connectivity index (χ3v) is 2.67. The van der Waals surface area contributed by atoms with Gasteiger partial charge in [0.1, 0.15) is 5.82 Å². The molecule has 1 atom stereocenters. The van der Waals surface area contributed by atoms with Crippen LogP contribution in [-0.2, 0) is 0 Å². The summed E-state index contributed by atoms with van der Waals surface area (Å²) >= 11 is 0. The van der Waals surface area contributed by atoms with Gasteiger partial charge in [0.2, 0.25) is 0 Å². The van der Waals surface area contributed by atoms with Crippen LogP contribution in [-0.4, -0.2) is 17.6 Å². The van der Waals surface area contributed by atoms with E-state index in [1.165, 1.54) is 6.42 Å². The normalized spacial score (nSPS) is 25.4. The van der Waals surface area contributed by atoms with Crippen LogP contribution in [0.1, 0.15) is 30.3 Å². The van der Waals surface area contributed by atoms with Gasteiger partial charge in [-0.05, 0) is 38.3 Å². The maximum atomic E-state index is 7.90. The summed E-state index contributed by atoms with van der Waals surface area (Å²) in [5.74, 6) is 0.432. The molecule has 0 radical (unpaired) electrons. The molecule has 0 bridgehead atoms. The van der Waals surface area contributed by atoms with Crippen molar-refractivity contribution in [2.24, 2.45) is 0 Å². The Labute approximate surface area is 89.1 Å². The van der Waals surface area contributed by atoms with Gasteiger partial charge in [0.05, 0.1) is 16.0 Å². The molecule has 3 heteroatoms. The van der Waals surface area contributed by atoms with Gasteiger partial charge in [-0.15, -0.1) is 0 Å². The molecule has 14 heavy (non-hydrogen) atoms. The second kappa shape index (κ2) is 3.86. The Kier molecular flexibility index (Phi) is 1.73. The van der Waals surface area contributed by atoms with Crippen LogP contribution in [0, 0.1) is 0 Å². The fourth-order valence-corrected chi connectivity index (χ4v) is 1.84. The minimum absolute atomic E-state index is 0.0107. The number of piperidine rings is 1. The fourth-order valence-electron chi connectivity index (χ4n) is 1.84. The number of aromatic nitrogens is 1. The van der Waals surface area contributed by atoms with Crippen molar-refractivity contribution in [2.75, 3.05) is 17.2 Å². The molecule has 2 N–H and O–H groups in total. The molecule has 1 aliphatic heterocycles. The lowest BCUT2D eigenvalue weighted by Crippen LogP contribution is -2.37. The van der Waals surface area contributed by atoms with Gasteiger partial charge < -0.3 is 10.6 Å². The van der Waals surface area contributed by atoms with Crippen molar-refractivity contribution >= 4 is 11.5 Å². The van der Waals surface area contributed by atoms with E-state index in [2.05, 4.69) is 11.9 Å². The maximum Gasteiger partial charge on any atom is 0.128 e. The largest absolute Gasteiger partial charge is 0.397 e. The molecule has 0 saturated carbocycles. The van der Waals surface area contributed by atoms with Crippen molar-refractivity contribution in [2.45, 2.75) is 32.2 Å². The molecule has 2 heterocycles. The highest BCUT2D eigenvalue weighted by atomic mass is 15.2. The van der Waals surface area contributed by atoms with Crippen LogP contribution in [0.5, 0.6) is 0 Å². The minimum Gasteiger partial charge on any atom is -0.397 e. The van der Waals surface area contributed by atoms with Crippen LogP contribution in [0.3, 0.4) is 0 Å². The summed E-state index contributed by atoms with van der Waals surface area (Å²) < 4.78 is 23.2. The number of nitrogens with zero attached hydrogens (tertiary/aromatic N) is 2. The third kappa shape index (κ3) is 1.81. The highest BCUT2D eigenvalue weighted by Crippen LogP contribution is 2.22. The molecule has 0 aliphatic carbocycles.